The SMILES string of the molecule is CNCCc1nccc(NCCCC(C)C)n1. The van der Waals surface area contributed by atoms with E-state index in [1.165, 1.54) is 12.8 Å². The molecule has 0 spiro atoms. The van der Waals surface area contributed by atoms with Crippen LogP contribution in [-0.4, -0.2) is 30.1 Å². The maximum Gasteiger partial charge on any atom is 0.131 e. The van der Waals surface area contributed by atoms with E-state index in [1.807, 2.05) is 19.3 Å². The lowest BCUT2D eigenvalue weighted by Crippen LogP contribution is -2.13. The van der Waals surface area contributed by atoms with Crippen molar-refractivity contribution in [3.8, 4) is 0 Å². The lowest BCUT2D eigenvalue weighted by atomic mass is 10.1. The van der Waals surface area contributed by atoms with Crippen molar-refractivity contribution < 1.29 is 0 Å². The van der Waals surface area contributed by atoms with Gasteiger partial charge in [-0.25, -0.2) is 9.97 Å². The first-order valence-electron chi connectivity index (χ1n) is 6.42. The number of hydrogen-bond acceptors (Lipinski definition) is 4. The van der Waals surface area contributed by atoms with Crippen LogP contribution in [0.25, 0.3) is 0 Å². The second-order valence-corrected chi connectivity index (χ2v) is 4.67. The summed E-state index contributed by atoms with van der Waals surface area (Å²) in [7, 11) is 1.94. The molecule has 0 unspecified atom stereocenters. The average Bonchev–Trinajstić information content (AvgIpc) is 2.32. The zero-order valence-corrected chi connectivity index (χ0v) is 11.2. The predicted molar refractivity (Wildman–Crippen MR) is 72.2 cm³/mol. The van der Waals surface area contributed by atoms with Crippen LogP contribution in [0.4, 0.5) is 5.82 Å². The Labute approximate surface area is 104 Å². The summed E-state index contributed by atoms with van der Waals surface area (Å²) in [6, 6.07) is 1.93. The first-order valence-corrected chi connectivity index (χ1v) is 6.42. The Kier molecular flexibility index (Phi) is 6.55. The Morgan fingerprint density at radius 2 is 2.12 bits per heavy atom. The van der Waals surface area contributed by atoms with Crippen molar-refractivity contribution >= 4 is 5.82 Å². The Bertz CT molecular complexity index is 312. The van der Waals surface area contributed by atoms with E-state index in [9.17, 15) is 0 Å². The molecule has 1 aromatic rings. The number of anilines is 1. The third-order valence-corrected chi connectivity index (χ3v) is 2.57. The Hall–Kier alpha value is -1.16. The molecule has 96 valence electrons. The summed E-state index contributed by atoms with van der Waals surface area (Å²) in [5.74, 6) is 2.61. The van der Waals surface area contributed by atoms with Gasteiger partial charge in [-0.15, -0.1) is 0 Å². The highest BCUT2D eigenvalue weighted by Gasteiger charge is 1.99. The van der Waals surface area contributed by atoms with Crippen LogP contribution in [0.15, 0.2) is 12.3 Å². The van der Waals surface area contributed by atoms with E-state index < -0.39 is 0 Å². The lowest BCUT2D eigenvalue weighted by molar-refractivity contribution is 0.566. The van der Waals surface area contributed by atoms with Crippen LogP contribution in [0.1, 0.15) is 32.5 Å². The largest absolute Gasteiger partial charge is 0.370 e. The van der Waals surface area contributed by atoms with Crippen LogP contribution < -0.4 is 10.6 Å². The van der Waals surface area contributed by atoms with E-state index in [4.69, 9.17) is 0 Å². The first-order chi connectivity index (χ1) is 8.22. The number of likely N-dealkylation sites (N-methyl/N-ethyl adjacent to an activating group) is 1. The van der Waals surface area contributed by atoms with Gasteiger partial charge in [0, 0.05) is 25.7 Å². The van der Waals surface area contributed by atoms with Crippen molar-refractivity contribution in [1.82, 2.24) is 15.3 Å². The molecule has 1 rings (SSSR count). The molecule has 0 bridgehead atoms. The van der Waals surface area contributed by atoms with Gasteiger partial charge in [0.05, 0.1) is 0 Å². The molecule has 0 fully saturated rings. The van der Waals surface area contributed by atoms with E-state index in [2.05, 4.69) is 34.4 Å². The van der Waals surface area contributed by atoms with E-state index in [0.717, 1.165) is 37.1 Å². The van der Waals surface area contributed by atoms with Crippen molar-refractivity contribution in [2.45, 2.75) is 33.1 Å². The summed E-state index contributed by atoms with van der Waals surface area (Å²) in [5.41, 5.74) is 0. The molecule has 0 aliphatic rings. The van der Waals surface area contributed by atoms with E-state index in [1.54, 1.807) is 0 Å². The minimum Gasteiger partial charge on any atom is -0.370 e. The van der Waals surface area contributed by atoms with Gasteiger partial charge < -0.3 is 10.6 Å². The fourth-order valence-corrected chi connectivity index (χ4v) is 1.58. The van der Waals surface area contributed by atoms with Crippen LogP contribution in [0.3, 0.4) is 0 Å². The minimum absolute atomic E-state index is 0.772. The highest BCUT2D eigenvalue weighted by molar-refractivity contribution is 5.32. The minimum atomic E-state index is 0.772. The van der Waals surface area contributed by atoms with Crippen molar-refractivity contribution in [2.24, 2.45) is 5.92 Å². The number of nitrogens with one attached hydrogen (secondary N) is 2. The summed E-state index contributed by atoms with van der Waals surface area (Å²) < 4.78 is 0. The number of nitrogens with zero attached hydrogens (tertiary/aromatic N) is 2. The summed E-state index contributed by atoms with van der Waals surface area (Å²) in [6.45, 7) is 6.40. The van der Waals surface area contributed by atoms with Gasteiger partial charge in [0.15, 0.2) is 0 Å². The van der Waals surface area contributed by atoms with Gasteiger partial charge in [0.1, 0.15) is 11.6 Å². The second kappa shape index (κ2) is 8.01. The summed E-state index contributed by atoms with van der Waals surface area (Å²) in [6.07, 6.45) is 5.14. The van der Waals surface area contributed by atoms with Crippen LogP contribution in [0, 0.1) is 5.92 Å². The maximum absolute atomic E-state index is 4.46. The van der Waals surface area contributed by atoms with E-state index in [-0.39, 0.29) is 0 Å². The van der Waals surface area contributed by atoms with Crippen LogP contribution >= 0.6 is 0 Å². The van der Waals surface area contributed by atoms with Gasteiger partial charge in [-0.2, -0.15) is 0 Å². The summed E-state index contributed by atoms with van der Waals surface area (Å²) in [4.78, 5) is 8.71. The third-order valence-electron chi connectivity index (χ3n) is 2.57. The van der Waals surface area contributed by atoms with Crippen molar-refractivity contribution in [3.05, 3.63) is 18.1 Å². The van der Waals surface area contributed by atoms with Crippen molar-refractivity contribution in [2.75, 3.05) is 25.5 Å². The van der Waals surface area contributed by atoms with Crippen LogP contribution in [0.5, 0.6) is 0 Å². The Morgan fingerprint density at radius 1 is 1.29 bits per heavy atom. The quantitative estimate of drug-likeness (QED) is 0.679. The second-order valence-electron chi connectivity index (χ2n) is 4.67. The molecule has 0 aliphatic heterocycles. The molecule has 4 heteroatoms. The molecular weight excluding hydrogens is 212 g/mol. The monoisotopic (exact) mass is 236 g/mol. The zero-order valence-electron chi connectivity index (χ0n) is 11.2. The molecule has 0 saturated heterocycles. The molecule has 0 aliphatic carbocycles. The van der Waals surface area contributed by atoms with Crippen molar-refractivity contribution in [3.63, 3.8) is 0 Å². The third kappa shape index (κ3) is 6.22. The topological polar surface area (TPSA) is 49.8 Å². The lowest BCUT2D eigenvalue weighted by Gasteiger charge is -2.08. The van der Waals surface area contributed by atoms with Gasteiger partial charge in [0.2, 0.25) is 0 Å². The van der Waals surface area contributed by atoms with Gasteiger partial charge in [-0.3, -0.25) is 0 Å². The fraction of sp³-hybridized carbons (Fsp3) is 0.692. The van der Waals surface area contributed by atoms with Gasteiger partial charge in [-0.05, 0) is 31.9 Å². The molecule has 0 atom stereocenters. The maximum atomic E-state index is 4.46. The Morgan fingerprint density at radius 3 is 2.82 bits per heavy atom. The van der Waals surface area contributed by atoms with Crippen molar-refractivity contribution in [1.29, 1.82) is 0 Å². The molecule has 2 N–H and O–H groups in total. The van der Waals surface area contributed by atoms with Gasteiger partial charge in [0.25, 0.3) is 0 Å². The number of hydrogen-bond donors (Lipinski definition) is 2. The average molecular weight is 236 g/mol. The first kappa shape index (κ1) is 13.9. The summed E-state index contributed by atoms with van der Waals surface area (Å²) in [5, 5.41) is 6.45. The highest BCUT2D eigenvalue weighted by Crippen LogP contribution is 2.06. The molecular formula is C13H24N4. The molecule has 1 heterocycles. The smallest absolute Gasteiger partial charge is 0.131 e. The van der Waals surface area contributed by atoms with Gasteiger partial charge >= 0.3 is 0 Å². The fourth-order valence-electron chi connectivity index (χ4n) is 1.58. The molecule has 0 amide bonds. The predicted octanol–water partition coefficient (Wildman–Crippen LogP) is 2.09. The normalized spacial score (nSPS) is 10.8. The Balaban J connectivity index is 2.32. The van der Waals surface area contributed by atoms with E-state index >= 15 is 0 Å². The summed E-state index contributed by atoms with van der Waals surface area (Å²) >= 11 is 0. The highest BCUT2D eigenvalue weighted by atomic mass is 15.0. The number of aromatic nitrogens is 2. The molecule has 1 aromatic heterocycles. The molecule has 0 saturated carbocycles. The standard InChI is InChI=1S/C13H24N4/c1-11(2)5-4-8-15-13-7-10-16-12(17-13)6-9-14-3/h7,10-11,14H,4-6,8-9H2,1-3H3,(H,15,16,17). The van der Waals surface area contributed by atoms with Crippen LogP contribution in [0.2, 0.25) is 0 Å². The zero-order chi connectivity index (χ0) is 12.5. The molecule has 4 nitrogen and oxygen atoms in total. The van der Waals surface area contributed by atoms with Crippen LogP contribution in [-0.2, 0) is 6.42 Å². The molecule has 0 radical (unpaired) electrons. The molecule has 0 aromatic carbocycles. The van der Waals surface area contributed by atoms with Gasteiger partial charge in [-0.1, -0.05) is 13.8 Å². The number of rotatable bonds is 8. The van der Waals surface area contributed by atoms with E-state index in [0.29, 0.717) is 0 Å². The molecule has 17 heavy (non-hydrogen) atoms.